The van der Waals surface area contributed by atoms with Gasteiger partial charge in [-0.05, 0) is 164 Å². The molecule has 67 heavy (non-hydrogen) atoms. The van der Waals surface area contributed by atoms with Crippen LogP contribution in [0.1, 0.15) is 170 Å². The molecule has 2 aliphatic heterocycles. The molecule has 346 valence electrons. The van der Waals surface area contributed by atoms with Crippen molar-refractivity contribution in [2.24, 2.45) is 0 Å². The standard InChI is InChI=1S/C63H75BN2O/c1-58(2,3)39-23-27-49(46(33-39)38-30-41(60(7,8)9)32-42(31-38)61(10,11)12)65-50-28-24-40(59(4,5)6)34-48(50)64-47-26-29-51-54(57(47)67-53-36-43(62(13,14)15)35-52(65)55(53)64)45-25-22-37-20-19-21-44(37)56(45)66(51)63(16,17)18/h22-36H,19-21H2,1-18H3. The van der Waals surface area contributed by atoms with E-state index in [-0.39, 0.29) is 39.3 Å². The quantitative estimate of drug-likeness (QED) is 0.161. The first-order chi connectivity index (χ1) is 31.0. The molecular formula is C63H75BN2O. The number of hydrogen-bond acceptors (Lipinski definition) is 2. The van der Waals surface area contributed by atoms with E-state index in [4.69, 9.17) is 4.74 Å². The van der Waals surface area contributed by atoms with Crippen LogP contribution in [0.3, 0.4) is 0 Å². The molecule has 0 saturated carbocycles. The fraction of sp³-hybridized carbons (Fsp3) is 0.429. The molecule has 3 nitrogen and oxygen atoms in total. The molecule has 0 amide bonds. The van der Waals surface area contributed by atoms with Crippen LogP contribution in [0, 0.1) is 0 Å². The number of anilines is 3. The van der Waals surface area contributed by atoms with Gasteiger partial charge in [-0.25, -0.2) is 0 Å². The largest absolute Gasteiger partial charge is 0.458 e. The summed E-state index contributed by atoms with van der Waals surface area (Å²) < 4.78 is 10.3. The minimum Gasteiger partial charge on any atom is -0.458 e. The lowest BCUT2D eigenvalue weighted by atomic mass is 9.33. The molecule has 3 aliphatic rings. The second kappa shape index (κ2) is 14.6. The number of hydrogen-bond donors (Lipinski definition) is 0. The van der Waals surface area contributed by atoms with E-state index in [0.29, 0.717) is 0 Å². The smallest absolute Gasteiger partial charge is 0.256 e. The fourth-order valence-electron chi connectivity index (χ4n) is 11.4. The number of ether oxygens (including phenoxy) is 1. The average molecular weight is 887 g/mol. The maximum atomic E-state index is 7.67. The summed E-state index contributed by atoms with van der Waals surface area (Å²) in [6.45, 7) is 42.3. The second-order valence-corrected chi connectivity index (χ2v) is 26.7. The van der Waals surface area contributed by atoms with E-state index in [1.165, 1.54) is 112 Å². The van der Waals surface area contributed by atoms with E-state index >= 15 is 0 Å². The first-order valence-corrected chi connectivity index (χ1v) is 25.3. The maximum absolute atomic E-state index is 7.67. The minimum absolute atomic E-state index is 0.0262. The van der Waals surface area contributed by atoms with Crippen molar-refractivity contribution in [2.75, 3.05) is 4.90 Å². The Kier molecular flexibility index (Phi) is 9.96. The van der Waals surface area contributed by atoms with Gasteiger partial charge in [-0.3, -0.25) is 0 Å². The van der Waals surface area contributed by atoms with Crippen molar-refractivity contribution < 1.29 is 4.74 Å². The van der Waals surface area contributed by atoms with E-state index in [1.54, 1.807) is 0 Å². The Morgan fingerprint density at radius 1 is 0.493 bits per heavy atom. The Morgan fingerprint density at radius 2 is 1.07 bits per heavy atom. The molecule has 6 aromatic carbocycles. The molecule has 10 rings (SSSR count). The summed E-state index contributed by atoms with van der Waals surface area (Å²) in [5.74, 6) is 1.99. The second-order valence-electron chi connectivity index (χ2n) is 26.7. The zero-order valence-corrected chi connectivity index (χ0v) is 44.2. The summed E-state index contributed by atoms with van der Waals surface area (Å²) in [4.78, 5) is 2.62. The summed E-state index contributed by atoms with van der Waals surface area (Å²) >= 11 is 0. The van der Waals surface area contributed by atoms with Crippen LogP contribution in [0.25, 0.3) is 32.9 Å². The monoisotopic (exact) mass is 887 g/mol. The van der Waals surface area contributed by atoms with Crippen molar-refractivity contribution >= 4 is 62.0 Å². The van der Waals surface area contributed by atoms with E-state index in [0.717, 1.165) is 24.3 Å². The molecule has 0 radical (unpaired) electrons. The molecule has 0 saturated heterocycles. The van der Waals surface area contributed by atoms with E-state index < -0.39 is 0 Å². The molecule has 0 unspecified atom stereocenters. The van der Waals surface area contributed by atoms with Crippen LogP contribution in [0.2, 0.25) is 0 Å². The van der Waals surface area contributed by atoms with Crippen molar-refractivity contribution in [2.45, 2.75) is 177 Å². The predicted octanol–water partition coefficient (Wildman–Crippen LogP) is 15.6. The van der Waals surface area contributed by atoms with Gasteiger partial charge < -0.3 is 14.2 Å². The van der Waals surface area contributed by atoms with Gasteiger partial charge in [0.05, 0.1) is 16.7 Å². The molecular weight excluding hydrogens is 812 g/mol. The van der Waals surface area contributed by atoms with Crippen LogP contribution < -0.4 is 26.0 Å². The van der Waals surface area contributed by atoms with Gasteiger partial charge in [0.15, 0.2) is 0 Å². The van der Waals surface area contributed by atoms with Crippen LogP contribution in [0.15, 0.2) is 91.0 Å². The van der Waals surface area contributed by atoms with Crippen molar-refractivity contribution in [3.63, 3.8) is 0 Å². The van der Waals surface area contributed by atoms with E-state index in [2.05, 4.69) is 225 Å². The minimum atomic E-state index is -0.136. The first-order valence-electron chi connectivity index (χ1n) is 25.3. The summed E-state index contributed by atoms with van der Waals surface area (Å²) in [5.41, 5.74) is 21.9. The summed E-state index contributed by atoms with van der Waals surface area (Å²) in [7, 11) is 0. The fourth-order valence-corrected chi connectivity index (χ4v) is 11.4. The van der Waals surface area contributed by atoms with Crippen LogP contribution in [-0.4, -0.2) is 11.3 Å². The number of fused-ring (bicyclic) bond motifs is 10. The molecule has 0 bridgehead atoms. The molecule has 1 aliphatic carbocycles. The Balaban J connectivity index is 1.32. The Bertz CT molecular complexity index is 3160. The van der Waals surface area contributed by atoms with Gasteiger partial charge in [-0.1, -0.05) is 158 Å². The lowest BCUT2D eigenvalue weighted by molar-refractivity contribution is 0.422. The lowest BCUT2D eigenvalue weighted by Crippen LogP contribution is -2.60. The topological polar surface area (TPSA) is 17.4 Å². The number of benzene rings is 6. The highest BCUT2D eigenvalue weighted by atomic mass is 16.5. The normalized spacial score (nSPS) is 15.2. The third kappa shape index (κ3) is 7.37. The highest BCUT2D eigenvalue weighted by molar-refractivity contribution is 6.99. The highest BCUT2D eigenvalue weighted by Gasteiger charge is 2.45. The molecule has 1 aromatic heterocycles. The molecule has 0 atom stereocenters. The predicted molar refractivity (Wildman–Crippen MR) is 291 cm³/mol. The van der Waals surface area contributed by atoms with Crippen molar-refractivity contribution in [1.82, 2.24) is 4.57 Å². The lowest BCUT2D eigenvalue weighted by Gasteiger charge is -2.42. The Morgan fingerprint density at radius 3 is 1.67 bits per heavy atom. The van der Waals surface area contributed by atoms with Gasteiger partial charge in [0.1, 0.15) is 11.5 Å². The SMILES string of the molecule is CC(C)(C)c1cc(-c2cc(C(C)(C)C)ccc2N2c3ccc(C(C)(C)C)cc3B3c4ccc5c(c4Oc4cc(C(C)(C)C)cc2c43)c2ccc3c(c2n5C(C)(C)C)CCC3)cc(C(C)(C)C)c1. The zero-order valence-electron chi connectivity index (χ0n) is 44.2. The summed E-state index contributed by atoms with van der Waals surface area (Å²) in [6.07, 6.45) is 3.50. The first kappa shape index (κ1) is 45.6. The third-order valence-corrected chi connectivity index (χ3v) is 15.4. The van der Waals surface area contributed by atoms with Crippen LogP contribution >= 0.6 is 0 Å². The summed E-state index contributed by atoms with van der Waals surface area (Å²) in [6, 6.07) is 36.7. The number of aromatic nitrogens is 1. The number of nitrogens with zero attached hydrogens (tertiary/aromatic N) is 2. The van der Waals surface area contributed by atoms with Gasteiger partial charge in [0.2, 0.25) is 0 Å². The van der Waals surface area contributed by atoms with E-state index in [1.807, 2.05) is 0 Å². The van der Waals surface area contributed by atoms with Crippen molar-refractivity contribution in [3.05, 3.63) is 130 Å². The van der Waals surface area contributed by atoms with Gasteiger partial charge >= 0.3 is 0 Å². The Labute approximate surface area is 403 Å². The highest BCUT2D eigenvalue weighted by Crippen LogP contribution is 2.50. The number of aryl methyl sites for hydroxylation is 2. The Hall–Kier alpha value is -5.22. The number of rotatable bonds is 2. The van der Waals surface area contributed by atoms with Gasteiger partial charge in [-0.15, -0.1) is 0 Å². The molecule has 0 spiro atoms. The van der Waals surface area contributed by atoms with Crippen LogP contribution in [-0.2, 0) is 45.5 Å². The van der Waals surface area contributed by atoms with E-state index in [9.17, 15) is 0 Å². The zero-order chi connectivity index (χ0) is 48.3. The molecule has 4 heteroatoms. The molecule has 0 fully saturated rings. The van der Waals surface area contributed by atoms with Crippen LogP contribution in [0.5, 0.6) is 11.5 Å². The summed E-state index contributed by atoms with van der Waals surface area (Å²) in [5, 5.41) is 2.56. The third-order valence-electron chi connectivity index (χ3n) is 15.4. The van der Waals surface area contributed by atoms with Gasteiger partial charge in [0.25, 0.3) is 6.71 Å². The van der Waals surface area contributed by atoms with Crippen molar-refractivity contribution in [3.8, 4) is 22.6 Å². The van der Waals surface area contributed by atoms with Crippen LogP contribution in [0.4, 0.5) is 17.1 Å². The van der Waals surface area contributed by atoms with Gasteiger partial charge in [0, 0.05) is 33.2 Å². The molecule has 7 aromatic rings. The molecule has 3 heterocycles. The average Bonchev–Trinajstić information content (AvgIpc) is 3.84. The molecule has 0 N–H and O–H groups in total. The van der Waals surface area contributed by atoms with Gasteiger partial charge in [-0.2, -0.15) is 0 Å². The maximum Gasteiger partial charge on any atom is 0.256 e. The van der Waals surface area contributed by atoms with Crippen molar-refractivity contribution in [1.29, 1.82) is 0 Å².